The van der Waals surface area contributed by atoms with E-state index in [2.05, 4.69) is 115 Å². The molecule has 51 heavy (non-hydrogen) atoms. The van der Waals surface area contributed by atoms with E-state index >= 15 is 0 Å². The van der Waals surface area contributed by atoms with Crippen LogP contribution in [0.1, 0.15) is 0 Å². The SMILES string of the molecule is C[Si]1(C)c2ccc(-c3ccc(-c4ccncc4)cn3)cc2-c2cc(-c3nc(-c4ccccc4)nc(-c4ccc(-c5ccccc5)cc4)n3)ccc21. The zero-order chi connectivity index (χ0) is 34.4. The molecular weight excluding hydrogens is 639 g/mol. The molecular formula is C45H33N5Si. The molecule has 5 nitrogen and oxygen atoms in total. The van der Waals surface area contributed by atoms with Crippen molar-refractivity contribution in [2.75, 3.05) is 0 Å². The van der Waals surface area contributed by atoms with Crippen LogP contribution in [0.15, 0.2) is 164 Å². The Morgan fingerprint density at radius 1 is 0.392 bits per heavy atom. The van der Waals surface area contributed by atoms with Crippen LogP contribution >= 0.6 is 0 Å². The largest absolute Gasteiger partial charge is 0.265 e. The lowest BCUT2D eigenvalue weighted by atomic mass is 9.99. The van der Waals surface area contributed by atoms with Gasteiger partial charge in [-0.2, -0.15) is 0 Å². The number of rotatable bonds is 6. The lowest BCUT2D eigenvalue weighted by molar-refractivity contribution is 1.07. The quantitative estimate of drug-likeness (QED) is 0.165. The fourth-order valence-electron chi connectivity index (χ4n) is 7.14. The van der Waals surface area contributed by atoms with Gasteiger partial charge in [-0.1, -0.05) is 128 Å². The Morgan fingerprint density at radius 3 is 1.45 bits per heavy atom. The molecule has 0 atom stereocenters. The number of aromatic nitrogens is 5. The topological polar surface area (TPSA) is 64.5 Å². The minimum absolute atomic E-state index is 0.651. The van der Waals surface area contributed by atoms with E-state index in [1.54, 1.807) is 0 Å². The highest BCUT2D eigenvalue weighted by molar-refractivity contribution is 7.03. The smallest absolute Gasteiger partial charge is 0.164 e. The second-order valence-corrected chi connectivity index (χ2v) is 17.8. The summed E-state index contributed by atoms with van der Waals surface area (Å²) < 4.78 is 0. The zero-order valence-corrected chi connectivity index (χ0v) is 29.3. The number of hydrogen-bond acceptors (Lipinski definition) is 5. The predicted molar refractivity (Wildman–Crippen MR) is 210 cm³/mol. The van der Waals surface area contributed by atoms with Crippen molar-refractivity contribution in [1.82, 2.24) is 24.9 Å². The van der Waals surface area contributed by atoms with E-state index in [4.69, 9.17) is 19.9 Å². The van der Waals surface area contributed by atoms with Crippen LogP contribution in [0.4, 0.5) is 0 Å². The molecule has 0 saturated heterocycles. The van der Waals surface area contributed by atoms with Gasteiger partial charge in [-0.05, 0) is 68.5 Å². The van der Waals surface area contributed by atoms with Crippen molar-refractivity contribution in [3.63, 3.8) is 0 Å². The van der Waals surface area contributed by atoms with Gasteiger partial charge < -0.3 is 0 Å². The fourth-order valence-corrected chi connectivity index (χ4v) is 10.2. The summed E-state index contributed by atoms with van der Waals surface area (Å²) in [6.07, 6.45) is 5.57. The van der Waals surface area contributed by atoms with Crippen LogP contribution in [-0.4, -0.2) is 33.0 Å². The third-order valence-corrected chi connectivity index (χ3v) is 13.5. The van der Waals surface area contributed by atoms with Gasteiger partial charge >= 0.3 is 0 Å². The minimum Gasteiger partial charge on any atom is -0.265 e. The molecule has 242 valence electrons. The summed E-state index contributed by atoms with van der Waals surface area (Å²) in [5, 5.41) is 2.86. The Balaban J connectivity index is 1.12. The molecule has 0 radical (unpaired) electrons. The molecule has 1 aliphatic rings. The molecule has 0 N–H and O–H groups in total. The lowest BCUT2D eigenvalue weighted by Crippen LogP contribution is -2.49. The highest BCUT2D eigenvalue weighted by Gasteiger charge is 2.37. The maximum Gasteiger partial charge on any atom is 0.164 e. The van der Waals surface area contributed by atoms with E-state index in [-0.39, 0.29) is 0 Å². The Labute approximate surface area is 298 Å². The van der Waals surface area contributed by atoms with Gasteiger partial charge in [-0.3, -0.25) is 9.97 Å². The van der Waals surface area contributed by atoms with E-state index in [1.807, 2.05) is 67.1 Å². The van der Waals surface area contributed by atoms with Gasteiger partial charge in [0, 0.05) is 46.4 Å². The van der Waals surface area contributed by atoms with E-state index in [1.165, 1.54) is 27.1 Å². The maximum absolute atomic E-state index is 5.09. The normalized spacial score (nSPS) is 12.7. The van der Waals surface area contributed by atoms with E-state index in [9.17, 15) is 0 Å². The Morgan fingerprint density at radius 2 is 0.843 bits per heavy atom. The zero-order valence-electron chi connectivity index (χ0n) is 28.3. The molecule has 0 unspecified atom stereocenters. The van der Waals surface area contributed by atoms with E-state index in [0.717, 1.165) is 44.6 Å². The molecule has 0 fully saturated rings. The third-order valence-electron chi connectivity index (χ3n) is 9.92. The van der Waals surface area contributed by atoms with Gasteiger partial charge in [0.15, 0.2) is 17.5 Å². The fraction of sp³-hybridized carbons (Fsp3) is 0.0444. The number of hydrogen-bond donors (Lipinski definition) is 0. The van der Waals surface area contributed by atoms with Crippen molar-refractivity contribution in [2.45, 2.75) is 13.1 Å². The molecule has 9 rings (SSSR count). The number of nitrogens with zero attached hydrogens (tertiary/aromatic N) is 5. The van der Waals surface area contributed by atoms with Gasteiger partial charge in [0.05, 0.1) is 5.69 Å². The van der Waals surface area contributed by atoms with Crippen LogP contribution < -0.4 is 10.4 Å². The molecule has 1 aliphatic heterocycles. The molecule has 5 aromatic carbocycles. The van der Waals surface area contributed by atoms with Gasteiger partial charge in [-0.25, -0.2) is 15.0 Å². The monoisotopic (exact) mass is 671 g/mol. The van der Waals surface area contributed by atoms with Crippen LogP contribution in [0.25, 0.3) is 78.8 Å². The van der Waals surface area contributed by atoms with Crippen LogP contribution in [0.3, 0.4) is 0 Å². The molecule has 8 aromatic rings. The van der Waals surface area contributed by atoms with Crippen molar-refractivity contribution < 1.29 is 0 Å². The Kier molecular flexibility index (Phi) is 7.52. The first-order valence-corrected chi connectivity index (χ1v) is 20.2. The first-order chi connectivity index (χ1) is 25.0. The van der Waals surface area contributed by atoms with E-state index in [0.29, 0.717) is 17.5 Å². The van der Waals surface area contributed by atoms with Crippen LogP contribution in [-0.2, 0) is 0 Å². The van der Waals surface area contributed by atoms with Crippen LogP contribution in [0.5, 0.6) is 0 Å². The molecule has 0 spiro atoms. The first kappa shape index (κ1) is 30.7. The summed E-state index contributed by atoms with van der Waals surface area (Å²) in [6.45, 7) is 4.87. The average Bonchev–Trinajstić information content (AvgIpc) is 3.43. The number of pyridine rings is 2. The van der Waals surface area contributed by atoms with Gasteiger partial charge in [0.1, 0.15) is 8.07 Å². The minimum atomic E-state index is -1.92. The van der Waals surface area contributed by atoms with Crippen molar-refractivity contribution in [2.24, 2.45) is 0 Å². The predicted octanol–water partition coefficient (Wildman–Crippen LogP) is 9.47. The molecule has 0 aliphatic carbocycles. The third kappa shape index (κ3) is 5.65. The highest BCUT2D eigenvalue weighted by Crippen LogP contribution is 2.35. The van der Waals surface area contributed by atoms with E-state index < -0.39 is 8.07 Å². The molecule has 4 heterocycles. The van der Waals surface area contributed by atoms with Crippen LogP contribution in [0, 0.1) is 0 Å². The summed E-state index contributed by atoms with van der Waals surface area (Å²) in [5.74, 6) is 1.96. The van der Waals surface area contributed by atoms with Crippen molar-refractivity contribution in [3.8, 4) is 78.8 Å². The van der Waals surface area contributed by atoms with Crippen LogP contribution in [0.2, 0.25) is 13.1 Å². The van der Waals surface area contributed by atoms with Gasteiger partial charge in [0.2, 0.25) is 0 Å². The maximum atomic E-state index is 5.09. The summed E-state index contributed by atoms with van der Waals surface area (Å²) in [4.78, 5) is 24.1. The highest BCUT2D eigenvalue weighted by atomic mass is 28.3. The van der Waals surface area contributed by atoms with Crippen molar-refractivity contribution in [1.29, 1.82) is 0 Å². The Hall–Kier alpha value is -6.37. The Bertz CT molecular complexity index is 2520. The van der Waals surface area contributed by atoms with Gasteiger partial charge in [-0.15, -0.1) is 0 Å². The second-order valence-electron chi connectivity index (χ2n) is 13.4. The summed E-state index contributed by atoms with van der Waals surface area (Å²) in [6, 6.07) is 50.9. The average molecular weight is 672 g/mol. The molecule has 6 heteroatoms. The van der Waals surface area contributed by atoms with Gasteiger partial charge in [0.25, 0.3) is 0 Å². The number of fused-ring (bicyclic) bond motifs is 3. The molecule has 0 saturated carbocycles. The summed E-state index contributed by atoms with van der Waals surface area (Å²) in [5.41, 5.74) is 12.0. The molecule has 3 aromatic heterocycles. The van der Waals surface area contributed by atoms with Crippen molar-refractivity contribution in [3.05, 3.63) is 164 Å². The first-order valence-electron chi connectivity index (χ1n) is 17.2. The lowest BCUT2D eigenvalue weighted by Gasteiger charge is -2.19. The molecule has 0 bridgehead atoms. The number of benzene rings is 5. The standard InChI is InChI=1S/C45H33N5Si/c1-51(2)41-21-18-35(40-20-17-37(29-47-40)32-23-25-46-26-24-32)27-38(41)39-28-36(19-22-42(39)51)45-49-43(33-11-7-4-8-12-33)48-44(50-45)34-15-13-31(14-16-34)30-9-5-3-6-10-30/h3-29H,1-2H3. The summed E-state index contributed by atoms with van der Waals surface area (Å²) >= 11 is 0. The second kappa shape index (κ2) is 12.5. The summed E-state index contributed by atoms with van der Waals surface area (Å²) in [7, 11) is -1.92. The molecule has 0 amide bonds. The van der Waals surface area contributed by atoms with Crippen molar-refractivity contribution >= 4 is 18.4 Å².